The first kappa shape index (κ1) is 9.49. The predicted molar refractivity (Wildman–Crippen MR) is 39.0 cm³/mol. The number of rotatable bonds is 2. The Labute approximate surface area is 72.9 Å². The van der Waals surface area contributed by atoms with E-state index >= 15 is 0 Å². The Balaban J connectivity index is 2.96. The second-order valence-corrected chi connectivity index (χ2v) is 3.44. The molecule has 0 N–H and O–H groups in total. The average molecular weight is 188 g/mol. The van der Waals surface area contributed by atoms with Crippen LogP contribution in [0.25, 0.3) is 5.53 Å². The van der Waals surface area contributed by atoms with Gasteiger partial charge in [-0.25, -0.2) is 0 Å². The minimum atomic E-state index is -1.73. The van der Waals surface area contributed by atoms with Crippen molar-refractivity contribution >= 4 is 0 Å². The Morgan fingerprint density at radius 1 is 1.23 bits per heavy atom. The van der Waals surface area contributed by atoms with Crippen LogP contribution in [0, 0.1) is 20.2 Å². The van der Waals surface area contributed by atoms with Crippen LogP contribution in [0.1, 0.15) is 20.3 Å². The Kier molecular flexibility index (Phi) is 1.61. The maximum Gasteiger partial charge on any atom is 0.413 e. The highest BCUT2D eigenvalue weighted by molar-refractivity contribution is 4.81. The van der Waals surface area contributed by atoms with Crippen molar-refractivity contribution in [1.29, 1.82) is 0 Å². The summed E-state index contributed by atoms with van der Waals surface area (Å²) < 4.78 is 0.181. The van der Waals surface area contributed by atoms with Gasteiger partial charge in [-0.1, -0.05) is 0 Å². The van der Waals surface area contributed by atoms with E-state index in [4.69, 9.17) is 0 Å². The van der Waals surface area contributed by atoms with E-state index in [0.29, 0.717) is 0 Å². The zero-order valence-electron chi connectivity index (χ0n) is 7.13. The monoisotopic (exact) mass is 188 g/mol. The summed E-state index contributed by atoms with van der Waals surface area (Å²) in [5.41, 5.74) is 5.71. The second-order valence-electron chi connectivity index (χ2n) is 3.44. The zero-order chi connectivity index (χ0) is 10.4. The van der Waals surface area contributed by atoms with Crippen molar-refractivity contribution in [3.8, 4) is 0 Å². The summed E-state index contributed by atoms with van der Waals surface area (Å²) in [6.45, 7) is 2.27. The molecule has 0 aromatic carbocycles. The molecule has 13 heavy (non-hydrogen) atoms. The second kappa shape index (κ2) is 2.21. The Morgan fingerprint density at radius 2 is 1.54 bits per heavy atom. The van der Waals surface area contributed by atoms with Gasteiger partial charge in [-0.2, -0.15) is 4.70 Å². The van der Waals surface area contributed by atoms with Crippen LogP contribution in [-0.4, -0.2) is 25.9 Å². The van der Waals surface area contributed by atoms with Crippen LogP contribution in [0.5, 0.6) is 0 Å². The van der Waals surface area contributed by atoms with Gasteiger partial charge in [-0.3, -0.25) is 20.2 Å². The average Bonchev–Trinajstić information content (AvgIpc) is 2.02. The zero-order valence-corrected chi connectivity index (χ0v) is 7.13. The maximum atomic E-state index is 10.4. The van der Waals surface area contributed by atoms with Gasteiger partial charge in [-0.05, 0) is 0 Å². The summed E-state index contributed by atoms with van der Waals surface area (Å²) >= 11 is 0. The van der Waals surface area contributed by atoms with Crippen LogP contribution in [0.3, 0.4) is 0 Å². The third kappa shape index (κ3) is 0.910. The fourth-order valence-electron chi connectivity index (χ4n) is 1.50. The molecule has 1 heterocycles. The number of hydrogen-bond donors (Lipinski definition) is 0. The van der Waals surface area contributed by atoms with Crippen molar-refractivity contribution in [2.75, 3.05) is 0 Å². The molecule has 8 heteroatoms. The largest absolute Gasteiger partial charge is 0.494 e. The molecule has 2 unspecified atom stereocenters. The molecule has 0 amide bonds. The van der Waals surface area contributed by atoms with Gasteiger partial charge in [-0.15, -0.1) is 0 Å². The first-order valence-electron chi connectivity index (χ1n) is 3.53. The van der Waals surface area contributed by atoms with Gasteiger partial charge in [0.15, 0.2) is 0 Å². The van der Waals surface area contributed by atoms with E-state index in [9.17, 15) is 25.8 Å². The lowest BCUT2D eigenvalue weighted by Gasteiger charge is -2.37. The first-order valence-corrected chi connectivity index (χ1v) is 3.53. The van der Waals surface area contributed by atoms with E-state index in [-0.39, 0.29) is 11.1 Å². The molecule has 0 radical (unpaired) electrons. The quantitative estimate of drug-likeness (QED) is 0.354. The topological polar surface area (TPSA) is 112 Å². The molecule has 72 valence electrons. The van der Waals surface area contributed by atoms with Crippen molar-refractivity contribution in [3.05, 3.63) is 25.8 Å². The molecule has 1 aliphatic heterocycles. The minimum Gasteiger partial charge on any atom is -0.494 e. The highest BCUT2D eigenvalue weighted by atomic mass is 16.7. The lowest BCUT2D eigenvalue weighted by molar-refractivity contribution is -0.989. The normalized spacial score (nSPS) is 38.2. The van der Waals surface area contributed by atoms with Crippen molar-refractivity contribution in [3.63, 3.8) is 0 Å². The van der Waals surface area contributed by atoms with Crippen molar-refractivity contribution in [2.24, 2.45) is 0 Å². The Bertz CT molecular complexity index is 288. The summed E-state index contributed by atoms with van der Waals surface area (Å²) in [6, 6.07) is 0. The SMILES string of the molecule is CC1([N+](=O)[O-])CC(C)([N+](=O)[O-])[N+]1=[N-]. The summed E-state index contributed by atoms with van der Waals surface area (Å²) in [5, 5.41) is 20.8. The van der Waals surface area contributed by atoms with Gasteiger partial charge in [0.1, 0.15) is 0 Å². The van der Waals surface area contributed by atoms with Crippen molar-refractivity contribution in [2.45, 2.75) is 31.6 Å². The van der Waals surface area contributed by atoms with Crippen LogP contribution in [-0.2, 0) is 0 Å². The van der Waals surface area contributed by atoms with E-state index in [0.717, 1.165) is 13.8 Å². The molecule has 0 aromatic rings. The molecule has 0 saturated carbocycles. The highest BCUT2D eigenvalue weighted by Crippen LogP contribution is 2.41. The minimum absolute atomic E-state index is 0.181. The van der Waals surface area contributed by atoms with E-state index in [1.54, 1.807) is 0 Å². The van der Waals surface area contributed by atoms with Crippen LogP contribution in [0.2, 0.25) is 0 Å². The summed E-state index contributed by atoms with van der Waals surface area (Å²) in [5.74, 6) is 0. The first-order chi connectivity index (χ1) is 5.75. The van der Waals surface area contributed by atoms with Crippen LogP contribution in [0.4, 0.5) is 0 Å². The van der Waals surface area contributed by atoms with Crippen LogP contribution in [0.15, 0.2) is 0 Å². The molecule has 1 saturated heterocycles. The van der Waals surface area contributed by atoms with Crippen molar-refractivity contribution < 1.29 is 14.5 Å². The van der Waals surface area contributed by atoms with Crippen molar-refractivity contribution in [1.82, 2.24) is 0 Å². The molecule has 0 aliphatic carbocycles. The fraction of sp³-hybridized carbons (Fsp3) is 1.00. The lowest BCUT2D eigenvalue weighted by Crippen LogP contribution is -2.71. The summed E-state index contributed by atoms with van der Waals surface area (Å²) in [7, 11) is 0. The molecular weight excluding hydrogens is 180 g/mol. The lowest BCUT2D eigenvalue weighted by atomic mass is 9.86. The van der Waals surface area contributed by atoms with Gasteiger partial charge in [0, 0.05) is 0 Å². The molecule has 0 bridgehead atoms. The Hall–Kier alpha value is -1.60. The molecule has 8 nitrogen and oxygen atoms in total. The highest BCUT2D eigenvalue weighted by Gasteiger charge is 2.76. The number of nitrogens with zero attached hydrogens (tertiary/aromatic N) is 4. The van der Waals surface area contributed by atoms with E-state index in [2.05, 4.69) is 0 Å². The molecular formula is C5H8N4O4. The van der Waals surface area contributed by atoms with Gasteiger partial charge >= 0.3 is 11.3 Å². The molecule has 0 aromatic heterocycles. The Morgan fingerprint density at radius 3 is 1.69 bits per heavy atom. The molecule has 2 atom stereocenters. The number of hydrogen-bond acceptors (Lipinski definition) is 4. The predicted octanol–water partition coefficient (Wildman–Crippen LogP) is 0.410. The smallest absolute Gasteiger partial charge is 0.413 e. The van der Waals surface area contributed by atoms with Gasteiger partial charge < -0.3 is 5.53 Å². The van der Waals surface area contributed by atoms with Gasteiger partial charge in [0.2, 0.25) is 6.42 Å². The fourth-order valence-corrected chi connectivity index (χ4v) is 1.50. The molecule has 1 fully saturated rings. The summed E-state index contributed by atoms with van der Waals surface area (Å²) in [4.78, 5) is 19.3. The van der Waals surface area contributed by atoms with Crippen LogP contribution >= 0.6 is 0 Å². The van der Waals surface area contributed by atoms with Gasteiger partial charge in [0.25, 0.3) is 0 Å². The third-order valence-corrected chi connectivity index (χ3v) is 2.37. The molecule has 0 spiro atoms. The molecule has 1 aliphatic rings. The van der Waals surface area contributed by atoms with E-state index in [1.807, 2.05) is 0 Å². The van der Waals surface area contributed by atoms with Crippen LogP contribution < -0.4 is 0 Å². The summed E-state index contributed by atoms with van der Waals surface area (Å²) in [6.07, 6.45) is -0.309. The van der Waals surface area contributed by atoms with E-state index < -0.39 is 21.2 Å². The third-order valence-electron chi connectivity index (χ3n) is 2.37. The van der Waals surface area contributed by atoms with E-state index in [1.165, 1.54) is 0 Å². The maximum absolute atomic E-state index is 10.4. The molecule has 1 rings (SSSR count). The standard InChI is InChI=1S/C5H8N4O4/c1-4(8(10)11)3-5(2,7(4)6)9(12)13/h3H2,1-2H3. The number of nitro groups is 2. The van der Waals surface area contributed by atoms with Gasteiger partial charge in [0.05, 0.1) is 23.7 Å².